The van der Waals surface area contributed by atoms with Gasteiger partial charge in [0.05, 0.1) is 12.7 Å². The molecule has 1 unspecified atom stereocenters. The van der Waals surface area contributed by atoms with Gasteiger partial charge in [0.25, 0.3) is 5.91 Å². The van der Waals surface area contributed by atoms with Crippen LogP contribution in [-0.2, 0) is 6.42 Å². The Morgan fingerprint density at radius 2 is 1.96 bits per heavy atom. The van der Waals surface area contributed by atoms with E-state index >= 15 is 0 Å². The highest BCUT2D eigenvalue weighted by molar-refractivity contribution is 5.95. The molecule has 0 bridgehead atoms. The van der Waals surface area contributed by atoms with Crippen molar-refractivity contribution in [3.8, 4) is 5.75 Å². The van der Waals surface area contributed by atoms with E-state index in [0.29, 0.717) is 13.0 Å². The first-order valence-electron chi connectivity index (χ1n) is 7.72. The number of hydrogen-bond donors (Lipinski definition) is 1. The van der Waals surface area contributed by atoms with Crippen LogP contribution >= 0.6 is 0 Å². The number of ether oxygens (including phenoxy) is 1. The van der Waals surface area contributed by atoms with Crippen molar-refractivity contribution >= 4 is 11.9 Å². The number of carboxylic acid groups (broad SMARTS) is 1. The smallest absolute Gasteiger partial charge is 0.338 e. The molecule has 1 aromatic heterocycles. The van der Waals surface area contributed by atoms with Crippen molar-refractivity contribution in [1.29, 1.82) is 0 Å². The maximum atomic E-state index is 12.6. The van der Waals surface area contributed by atoms with E-state index in [1.807, 2.05) is 38.1 Å². The summed E-state index contributed by atoms with van der Waals surface area (Å²) in [7, 11) is 1.61. The summed E-state index contributed by atoms with van der Waals surface area (Å²) in [6.45, 7) is 4.33. The number of carbonyl (C=O) groups is 2. The number of hydrogen-bond acceptors (Lipinski definition) is 4. The van der Waals surface area contributed by atoms with Crippen LogP contribution in [0.5, 0.6) is 5.75 Å². The summed E-state index contributed by atoms with van der Waals surface area (Å²) in [6, 6.07) is 8.88. The molecule has 0 aliphatic heterocycles. The van der Waals surface area contributed by atoms with Crippen LogP contribution in [0.4, 0.5) is 0 Å². The number of carboxylic acids is 1. The summed E-state index contributed by atoms with van der Waals surface area (Å²) in [6.07, 6.45) is 1.76. The third kappa shape index (κ3) is 3.95. The highest BCUT2D eigenvalue weighted by atomic mass is 16.5. The van der Waals surface area contributed by atoms with E-state index in [-0.39, 0.29) is 23.3 Å². The molecule has 2 rings (SSSR count). The van der Waals surface area contributed by atoms with E-state index in [2.05, 4.69) is 0 Å². The zero-order chi connectivity index (χ0) is 17.7. The van der Waals surface area contributed by atoms with Gasteiger partial charge in [-0.25, -0.2) is 4.79 Å². The summed E-state index contributed by atoms with van der Waals surface area (Å²) in [5, 5.41) is 8.93. The molecule has 1 aromatic carbocycles. The fraction of sp³-hybridized carbons (Fsp3) is 0.333. The lowest BCUT2D eigenvalue weighted by Crippen LogP contribution is -2.39. The predicted molar refractivity (Wildman–Crippen MR) is 88.5 cm³/mol. The van der Waals surface area contributed by atoms with E-state index in [1.54, 1.807) is 12.0 Å². The number of furan rings is 1. The summed E-state index contributed by atoms with van der Waals surface area (Å²) in [5.41, 5.74) is 1.05. The third-order valence-corrected chi connectivity index (χ3v) is 3.88. The molecule has 0 spiro atoms. The molecular formula is C18H21NO5. The molecule has 1 amide bonds. The van der Waals surface area contributed by atoms with Gasteiger partial charge in [-0.2, -0.15) is 0 Å². The van der Waals surface area contributed by atoms with Crippen molar-refractivity contribution in [2.75, 3.05) is 13.7 Å². The molecule has 128 valence electrons. The second-order valence-corrected chi connectivity index (χ2v) is 5.50. The minimum Gasteiger partial charge on any atom is -0.497 e. The molecule has 0 saturated carbocycles. The molecule has 0 aliphatic carbocycles. The summed E-state index contributed by atoms with van der Waals surface area (Å²) in [4.78, 5) is 25.1. The van der Waals surface area contributed by atoms with Crippen molar-refractivity contribution in [2.24, 2.45) is 0 Å². The molecule has 24 heavy (non-hydrogen) atoms. The van der Waals surface area contributed by atoms with Gasteiger partial charge in [0.15, 0.2) is 5.76 Å². The van der Waals surface area contributed by atoms with Crippen LogP contribution in [-0.4, -0.2) is 41.6 Å². The van der Waals surface area contributed by atoms with Crippen LogP contribution in [0.2, 0.25) is 0 Å². The number of likely N-dealkylation sites (N-methyl/N-ethyl adjacent to an activating group) is 1. The lowest BCUT2D eigenvalue weighted by Gasteiger charge is -2.27. The lowest BCUT2D eigenvalue weighted by atomic mass is 10.1. The molecule has 1 N–H and O–H groups in total. The van der Waals surface area contributed by atoms with Gasteiger partial charge in [0.2, 0.25) is 0 Å². The zero-order valence-corrected chi connectivity index (χ0v) is 14.0. The van der Waals surface area contributed by atoms with Gasteiger partial charge in [-0.15, -0.1) is 0 Å². The van der Waals surface area contributed by atoms with Crippen molar-refractivity contribution in [2.45, 2.75) is 26.3 Å². The Morgan fingerprint density at radius 3 is 2.46 bits per heavy atom. The van der Waals surface area contributed by atoms with Gasteiger partial charge in [-0.05, 0) is 38.0 Å². The Morgan fingerprint density at radius 1 is 1.29 bits per heavy atom. The molecule has 0 radical (unpaired) electrons. The maximum Gasteiger partial charge on any atom is 0.338 e. The predicted octanol–water partition coefficient (Wildman–Crippen LogP) is 3.08. The van der Waals surface area contributed by atoms with Gasteiger partial charge in [-0.1, -0.05) is 12.1 Å². The number of rotatable bonds is 7. The van der Waals surface area contributed by atoms with E-state index in [1.165, 1.54) is 6.07 Å². The molecular weight excluding hydrogens is 310 g/mol. The Labute approximate surface area is 140 Å². The molecule has 6 nitrogen and oxygen atoms in total. The highest BCUT2D eigenvalue weighted by Gasteiger charge is 2.24. The van der Waals surface area contributed by atoms with Crippen LogP contribution < -0.4 is 4.74 Å². The van der Waals surface area contributed by atoms with E-state index in [4.69, 9.17) is 14.3 Å². The first-order chi connectivity index (χ1) is 11.5. The lowest BCUT2D eigenvalue weighted by molar-refractivity contribution is 0.0667. The number of nitrogens with zero attached hydrogens (tertiary/aromatic N) is 1. The zero-order valence-electron chi connectivity index (χ0n) is 14.0. The summed E-state index contributed by atoms with van der Waals surface area (Å²) >= 11 is 0. The number of carbonyl (C=O) groups excluding carboxylic acids is 1. The van der Waals surface area contributed by atoms with E-state index in [0.717, 1.165) is 17.6 Å². The fourth-order valence-electron chi connectivity index (χ4n) is 2.57. The van der Waals surface area contributed by atoms with Gasteiger partial charge in [0, 0.05) is 18.7 Å². The van der Waals surface area contributed by atoms with Crippen molar-refractivity contribution < 1.29 is 23.8 Å². The van der Waals surface area contributed by atoms with Crippen LogP contribution in [0.1, 0.15) is 40.3 Å². The van der Waals surface area contributed by atoms with Crippen molar-refractivity contribution in [3.63, 3.8) is 0 Å². The van der Waals surface area contributed by atoms with Crippen LogP contribution in [0.15, 0.2) is 41.0 Å². The van der Waals surface area contributed by atoms with Gasteiger partial charge < -0.3 is 19.2 Å². The summed E-state index contributed by atoms with van der Waals surface area (Å²) in [5.74, 6) is -0.611. The monoisotopic (exact) mass is 331 g/mol. The molecule has 0 fully saturated rings. The summed E-state index contributed by atoms with van der Waals surface area (Å²) < 4.78 is 10.2. The minimum absolute atomic E-state index is 0.0304. The fourth-order valence-corrected chi connectivity index (χ4v) is 2.57. The largest absolute Gasteiger partial charge is 0.497 e. The van der Waals surface area contributed by atoms with Gasteiger partial charge in [0.1, 0.15) is 12.0 Å². The molecule has 0 saturated heterocycles. The minimum atomic E-state index is -1.12. The Hall–Kier alpha value is -2.76. The van der Waals surface area contributed by atoms with Crippen molar-refractivity contribution in [3.05, 3.63) is 53.5 Å². The first kappa shape index (κ1) is 17.6. The molecule has 2 aromatic rings. The second-order valence-electron chi connectivity index (χ2n) is 5.50. The average molecular weight is 331 g/mol. The number of methoxy groups -OCH3 is 1. The molecule has 6 heteroatoms. The van der Waals surface area contributed by atoms with Crippen molar-refractivity contribution in [1.82, 2.24) is 4.90 Å². The Balaban J connectivity index is 2.10. The molecule has 0 aliphatic rings. The van der Waals surface area contributed by atoms with Crippen LogP contribution in [0, 0.1) is 0 Å². The van der Waals surface area contributed by atoms with Gasteiger partial charge >= 0.3 is 5.97 Å². The third-order valence-electron chi connectivity index (χ3n) is 3.88. The SMILES string of the molecule is CCN(C(=O)c1cc(C(=O)O)co1)C(C)Cc1ccc(OC)cc1. The van der Waals surface area contributed by atoms with E-state index < -0.39 is 5.97 Å². The normalized spacial score (nSPS) is 11.8. The molecule has 1 atom stereocenters. The number of aromatic carboxylic acids is 1. The second kappa shape index (κ2) is 7.68. The Bertz CT molecular complexity index is 704. The van der Waals surface area contributed by atoms with Crippen LogP contribution in [0.25, 0.3) is 0 Å². The average Bonchev–Trinajstić information content (AvgIpc) is 3.06. The van der Waals surface area contributed by atoms with Gasteiger partial charge in [-0.3, -0.25) is 4.79 Å². The maximum absolute atomic E-state index is 12.6. The standard InChI is InChI=1S/C18H21NO5/c1-4-19(17(20)16-10-14(11-24-16)18(21)22)12(2)9-13-5-7-15(23-3)8-6-13/h5-8,10-12H,4,9H2,1-3H3,(H,21,22). The Kier molecular flexibility index (Phi) is 5.63. The molecule has 1 heterocycles. The number of amides is 1. The highest BCUT2D eigenvalue weighted by Crippen LogP contribution is 2.17. The first-order valence-corrected chi connectivity index (χ1v) is 7.72. The number of benzene rings is 1. The van der Waals surface area contributed by atoms with Crippen LogP contribution in [0.3, 0.4) is 0 Å². The quantitative estimate of drug-likeness (QED) is 0.843. The topological polar surface area (TPSA) is 80.0 Å². The van der Waals surface area contributed by atoms with E-state index in [9.17, 15) is 9.59 Å².